The highest BCUT2D eigenvalue weighted by Gasteiger charge is 2.18. The summed E-state index contributed by atoms with van der Waals surface area (Å²) in [6.45, 7) is 10.2. The van der Waals surface area contributed by atoms with Crippen molar-refractivity contribution in [2.24, 2.45) is 0 Å². The maximum atomic E-state index is 12.8. The van der Waals surface area contributed by atoms with E-state index in [-0.39, 0.29) is 34.9 Å². The number of thiazole rings is 1. The topological polar surface area (TPSA) is 51.4 Å². The lowest BCUT2D eigenvalue weighted by Gasteiger charge is -2.21. The van der Waals surface area contributed by atoms with Gasteiger partial charge in [-0.3, -0.25) is 4.79 Å². The molecule has 238 valence electrons. The summed E-state index contributed by atoms with van der Waals surface area (Å²) in [5, 5.41) is 5.02. The monoisotopic (exact) mass is 672 g/mol. The van der Waals surface area contributed by atoms with E-state index in [0.29, 0.717) is 18.1 Å². The van der Waals surface area contributed by atoms with Crippen LogP contribution < -0.4 is 36.3 Å². The molecule has 0 saturated heterocycles. The number of aromatic nitrogens is 1. The molecule has 1 heterocycles. The lowest BCUT2D eigenvalue weighted by atomic mass is 9.87. The molecule has 7 heteroatoms. The van der Waals surface area contributed by atoms with Crippen molar-refractivity contribution < 1.29 is 35.8 Å². The Kier molecular flexibility index (Phi) is 17.6. The van der Waals surface area contributed by atoms with Crippen LogP contribution in [-0.4, -0.2) is 19.1 Å². The molecule has 1 amide bonds. The van der Waals surface area contributed by atoms with Gasteiger partial charge in [0.15, 0.2) is 30.8 Å². The van der Waals surface area contributed by atoms with Crippen molar-refractivity contribution in [3.63, 3.8) is 0 Å². The molecule has 3 rings (SSSR count). The lowest BCUT2D eigenvalue weighted by molar-refractivity contribution is -0.683. The van der Waals surface area contributed by atoms with E-state index in [0.717, 1.165) is 24.2 Å². The third kappa shape index (κ3) is 14.8. The standard InChI is InChI=1S/C36H52N2O3S.BrH/c1-5-6-7-8-9-10-11-12-13-14-15-16-23-40-34-26-31(36(2,3)4)20-21-33(34)41-28-35(39)37-32-19-17-18-30(25-32)27-38-22-24-42-29-38;/h17-22,24-26,29H,5-16,23,27-28H2,1-4H3;1H. The predicted molar refractivity (Wildman–Crippen MR) is 176 cm³/mol. The molecule has 0 spiro atoms. The normalized spacial score (nSPS) is 11.2. The van der Waals surface area contributed by atoms with E-state index in [1.807, 2.05) is 35.8 Å². The fourth-order valence-electron chi connectivity index (χ4n) is 4.98. The summed E-state index contributed by atoms with van der Waals surface area (Å²) in [5.74, 6) is 1.13. The quantitative estimate of drug-likeness (QED) is 0.110. The minimum absolute atomic E-state index is 0. The summed E-state index contributed by atoms with van der Waals surface area (Å²) in [6.07, 6.45) is 17.8. The summed E-state index contributed by atoms with van der Waals surface area (Å²) >= 11 is 1.66. The number of carbonyl (C=O) groups is 1. The molecule has 1 aromatic heterocycles. The van der Waals surface area contributed by atoms with Crippen LogP contribution in [0.25, 0.3) is 0 Å². The van der Waals surface area contributed by atoms with Gasteiger partial charge in [0.25, 0.3) is 5.91 Å². The summed E-state index contributed by atoms with van der Waals surface area (Å²) < 4.78 is 14.3. The number of ether oxygens (including phenoxy) is 2. The predicted octanol–water partition coefficient (Wildman–Crippen LogP) is 6.48. The van der Waals surface area contributed by atoms with Crippen LogP contribution in [0.5, 0.6) is 11.5 Å². The first-order chi connectivity index (χ1) is 20.3. The van der Waals surface area contributed by atoms with Crippen LogP contribution in [0.4, 0.5) is 5.69 Å². The highest BCUT2D eigenvalue weighted by molar-refractivity contribution is 7.07. The van der Waals surface area contributed by atoms with E-state index in [1.165, 1.54) is 76.2 Å². The van der Waals surface area contributed by atoms with Crippen LogP contribution in [0.2, 0.25) is 0 Å². The molecule has 3 aromatic rings. The first kappa shape index (κ1) is 36.8. The zero-order valence-corrected chi connectivity index (χ0v) is 29.2. The Hall–Kier alpha value is -2.38. The average molecular weight is 674 g/mol. The summed E-state index contributed by atoms with van der Waals surface area (Å²) in [6, 6.07) is 14.0. The van der Waals surface area contributed by atoms with Gasteiger partial charge in [0.1, 0.15) is 0 Å². The van der Waals surface area contributed by atoms with Crippen molar-refractivity contribution in [2.75, 3.05) is 18.5 Å². The second-order valence-electron chi connectivity index (χ2n) is 12.4. The summed E-state index contributed by atoms with van der Waals surface area (Å²) in [4.78, 5) is 12.8. The zero-order chi connectivity index (χ0) is 30.0. The van der Waals surface area contributed by atoms with Crippen LogP contribution >= 0.6 is 11.3 Å². The van der Waals surface area contributed by atoms with Crippen LogP contribution in [-0.2, 0) is 16.8 Å². The van der Waals surface area contributed by atoms with Gasteiger partial charge in [-0.25, -0.2) is 0 Å². The molecule has 43 heavy (non-hydrogen) atoms. The number of benzene rings is 2. The van der Waals surface area contributed by atoms with Crippen LogP contribution in [0.15, 0.2) is 59.6 Å². The summed E-state index contributed by atoms with van der Waals surface area (Å²) in [5.41, 5.74) is 5.15. The number of carbonyl (C=O) groups excluding carboxylic acids is 1. The van der Waals surface area contributed by atoms with Crippen LogP contribution in [0, 0.1) is 0 Å². The van der Waals surface area contributed by atoms with Crippen molar-refractivity contribution in [3.8, 4) is 11.5 Å². The Labute approximate surface area is 275 Å². The van der Waals surface area contributed by atoms with Crippen molar-refractivity contribution in [3.05, 3.63) is 70.7 Å². The second kappa shape index (κ2) is 20.6. The molecule has 0 aliphatic carbocycles. The fraction of sp³-hybridized carbons (Fsp3) is 0.556. The van der Waals surface area contributed by atoms with E-state index in [1.54, 1.807) is 11.3 Å². The molecular formula is C36H53BrN2O3S. The average Bonchev–Trinajstić information content (AvgIpc) is 3.47. The highest BCUT2D eigenvalue weighted by atomic mass is 79.9. The largest absolute Gasteiger partial charge is 1.00 e. The van der Waals surface area contributed by atoms with Gasteiger partial charge in [-0.15, -0.1) is 0 Å². The third-order valence-corrected chi connectivity index (χ3v) is 8.20. The second-order valence-corrected chi connectivity index (χ2v) is 13.1. The van der Waals surface area contributed by atoms with Crippen molar-refractivity contribution >= 4 is 22.9 Å². The molecule has 0 aliphatic heterocycles. The molecular weight excluding hydrogens is 620 g/mol. The summed E-state index contributed by atoms with van der Waals surface area (Å²) in [7, 11) is 0. The number of hydrogen-bond acceptors (Lipinski definition) is 4. The molecule has 0 radical (unpaired) electrons. The van der Waals surface area contributed by atoms with Gasteiger partial charge in [0.2, 0.25) is 5.51 Å². The Morgan fingerprint density at radius 1 is 0.837 bits per heavy atom. The number of amides is 1. The Balaban J connectivity index is 0.00000645. The van der Waals surface area contributed by atoms with Gasteiger partial charge in [-0.1, -0.05) is 128 Å². The van der Waals surface area contributed by atoms with Crippen molar-refractivity contribution in [1.29, 1.82) is 0 Å². The number of anilines is 1. The van der Waals surface area contributed by atoms with Gasteiger partial charge in [0.05, 0.1) is 12.0 Å². The minimum Gasteiger partial charge on any atom is -1.00 e. The van der Waals surface area contributed by atoms with Gasteiger partial charge in [0, 0.05) is 11.3 Å². The number of hydrogen-bond donors (Lipinski definition) is 1. The molecule has 0 atom stereocenters. The maximum absolute atomic E-state index is 12.8. The zero-order valence-electron chi connectivity index (χ0n) is 26.8. The first-order valence-electron chi connectivity index (χ1n) is 16.1. The number of unbranched alkanes of at least 4 members (excludes halogenated alkanes) is 11. The van der Waals surface area contributed by atoms with Gasteiger partial charge >= 0.3 is 0 Å². The van der Waals surface area contributed by atoms with E-state index in [9.17, 15) is 4.79 Å². The van der Waals surface area contributed by atoms with Crippen molar-refractivity contribution in [1.82, 2.24) is 0 Å². The van der Waals surface area contributed by atoms with E-state index < -0.39 is 0 Å². The van der Waals surface area contributed by atoms with E-state index in [2.05, 4.69) is 61.3 Å². The molecule has 1 N–H and O–H groups in total. The Bertz CT molecular complexity index is 1180. The SMILES string of the molecule is CCCCCCCCCCCCCCOc1cc(C(C)(C)C)ccc1OCC(=O)Nc1cccc(C[n+]2ccsc2)c1.[Br-]. The number of nitrogens with zero attached hydrogens (tertiary/aromatic N) is 1. The molecule has 0 aliphatic rings. The fourth-order valence-corrected chi connectivity index (χ4v) is 5.58. The van der Waals surface area contributed by atoms with E-state index in [4.69, 9.17) is 9.47 Å². The van der Waals surface area contributed by atoms with Gasteiger partial charge in [-0.05, 0) is 41.7 Å². The van der Waals surface area contributed by atoms with Crippen LogP contribution in [0.1, 0.15) is 116 Å². The minimum atomic E-state index is -0.192. The molecule has 0 unspecified atom stereocenters. The molecule has 0 bridgehead atoms. The third-order valence-electron chi connectivity index (χ3n) is 7.53. The van der Waals surface area contributed by atoms with Gasteiger partial charge in [-0.2, -0.15) is 4.57 Å². The first-order valence-corrected chi connectivity index (χ1v) is 17.0. The molecule has 0 fully saturated rings. The molecule has 2 aromatic carbocycles. The van der Waals surface area contributed by atoms with Gasteiger partial charge < -0.3 is 31.8 Å². The van der Waals surface area contributed by atoms with Crippen molar-refractivity contribution in [2.45, 2.75) is 117 Å². The smallest absolute Gasteiger partial charge is 0.262 e. The van der Waals surface area contributed by atoms with Crippen LogP contribution in [0.3, 0.4) is 0 Å². The number of halogens is 1. The number of rotatable bonds is 20. The Morgan fingerprint density at radius 2 is 1.51 bits per heavy atom. The lowest BCUT2D eigenvalue weighted by Crippen LogP contribution is -3.00. The van der Waals surface area contributed by atoms with E-state index >= 15 is 0 Å². The Morgan fingerprint density at radius 3 is 2.14 bits per heavy atom. The highest BCUT2D eigenvalue weighted by Crippen LogP contribution is 2.33. The maximum Gasteiger partial charge on any atom is 0.262 e. The molecule has 0 saturated carbocycles. The molecule has 5 nitrogen and oxygen atoms in total. The number of nitrogens with one attached hydrogen (secondary N) is 1.